The van der Waals surface area contributed by atoms with Crippen molar-refractivity contribution in [1.82, 2.24) is 15.3 Å². The highest BCUT2D eigenvalue weighted by Crippen LogP contribution is 2.31. The predicted octanol–water partition coefficient (Wildman–Crippen LogP) is 3.70. The second kappa shape index (κ2) is 8.06. The van der Waals surface area contributed by atoms with Crippen LogP contribution >= 0.6 is 46.6 Å². The Morgan fingerprint density at radius 2 is 1.96 bits per heavy atom. The second-order valence-corrected chi connectivity index (χ2v) is 7.40. The Morgan fingerprint density at radius 1 is 1.26 bits per heavy atom. The number of carbonyl (C=O) groups is 1. The first-order chi connectivity index (χ1) is 10.9. The van der Waals surface area contributed by atoms with E-state index in [4.69, 9.17) is 39.5 Å². The maximum atomic E-state index is 12.2. The Hall–Kier alpha value is -1.21. The van der Waals surface area contributed by atoms with Crippen LogP contribution in [0.4, 0.5) is 0 Å². The molecule has 0 aliphatic heterocycles. The lowest BCUT2D eigenvalue weighted by molar-refractivity contribution is 0.0824. The molecular formula is C14H12Cl3N3O2S. The summed E-state index contributed by atoms with van der Waals surface area (Å²) in [6.45, 7) is 0. The third kappa shape index (κ3) is 5.42. The summed E-state index contributed by atoms with van der Waals surface area (Å²) in [5.74, 6) is -0.241. The average molecular weight is 393 g/mol. The van der Waals surface area contributed by atoms with E-state index in [1.165, 1.54) is 24.0 Å². The molecule has 0 fully saturated rings. The third-order valence-electron chi connectivity index (χ3n) is 2.62. The molecule has 1 unspecified atom stereocenters. The Morgan fingerprint density at radius 3 is 2.57 bits per heavy atom. The van der Waals surface area contributed by atoms with Gasteiger partial charge in [-0.2, -0.15) is 4.98 Å². The second-order valence-electron chi connectivity index (χ2n) is 4.26. The molecule has 2 rings (SSSR count). The molecule has 1 amide bonds. The van der Waals surface area contributed by atoms with Crippen LogP contribution < -0.4 is 10.1 Å². The number of hydrogen-bond acceptors (Lipinski definition) is 5. The van der Waals surface area contributed by atoms with Gasteiger partial charge in [0, 0.05) is 17.8 Å². The van der Waals surface area contributed by atoms with Crippen LogP contribution in [0, 0.1) is 0 Å². The van der Waals surface area contributed by atoms with E-state index < -0.39 is 15.9 Å². The minimum absolute atomic E-state index is 0.189. The van der Waals surface area contributed by atoms with Crippen molar-refractivity contribution in [2.75, 3.05) is 6.26 Å². The van der Waals surface area contributed by atoms with Gasteiger partial charge in [-0.25, -0.2) is 4.98 Å². The Balaban J connectivity index is 2.16. The highest BCUT2D eigenvalue weighted by molar-refractivity contribution is 7.98. The Bertz CT molecular complexity index is 668. The lowest BCUT2D eigenvalue weighted by Gasteiger charge is -2.25. The molecule has 1 heterocycles. The summed E-state index contributed by atoms with van der Waals surface area (Å²) in [7, 11) is 0. The summed E-state index contributed by atoms with van der Waals surface area (Å²) in [4.78, 5) is 20.4. The minimum Gasteiger partial charge on any atom is -0.449 e. The summed E-state index contributed by atoms with van der Waals surface area (Å²) in [6, 6.07) is 10.1. The van der Waals surface area contributed by atoms with Gasteiger partial charge in [-0.3, -0.25) is 4.79 Å². The first-order valence-corrected chi connectivity index (χ1v) is 8.72. The lowest BCUT2D eigenvalue weighted by Crippen LogP contribution is -2.48. The van der Waals surface area contributed by atoms with Gasteiger partial charge < -0.3 is 10.1 Å². The van der Waals surface area contributed by atoms with Gasteiger partial charge in [0.05, 0.1) is 0 Å². The van der Waals surface area contributed by atoms with Crippen LogP contribution in [0.2, 0.25) is 0 Å². The molecule has 1 atom stereocenters. The summed E-state index contributed by atoms with van der Waals surface area (Å²) < 4.78 is 3.64. The zero-order valence-corrected chi connectivity index (χ0v) is 15.0. The van der Waals surface area contributed by atoms with E-state index in [1.54, 1.807) is 30.3 Å². The molecule has 122 valence electrons. The van der Waals surface area contributed by atoms with Crippen LogP contribution in [0.5, 0.6) is 5.88 Å². The fourth-order valence-corrected chi connectivity index (χ4v) is 2.22. The smallest absolute Gasteiger partial charge is 0.254 e. The highest BCUT2D eigenvalue weighted by atomic mass is 35.6. The van der Waals surface area contributed by atoms with Gasteiger partial charge in [-0.15, -0.1) is 0 Å². The van der Waals surface area contributed by atoms with E-state index in [1.807, 2.05) is 6.26 Å². The molecule has 0 aliphatic rings. The van der Waals surface area contributed by atoms with Crippen molar-refractivity contribution in [3.05, 3.63) is 48.2 Å². The Kier molecular flexibility index (Phi) is 6.35. The number of amides is 1. The zero-order valence-electron chi connectivity index (χ0n) is 11.9. The summed E-state index contributed by atoms with van der Waals surface area (Å²) in [6.07, 6.45) is 2.12. The van der Waals surface area contributed by atoms with Crippen molar-refractivity contribution in [2.24, 2.45) is 0 Å². The van der Waals surface area contributed by atoms with Crippen molar-refractivity contribution < 1.29 is 9.53 Å². The van der Waals surface area contributed by atoms with Gasteiger partial charge in [-0.05, 0) is 18.4 Å². The third-order valence-corrected chi connectivity index (χ3v) is 3.78. The van der Waals surface area contributed by atoms with Crippen molar-refractivity contribution in [2.45, 2.75) is 15.2 Å². The molecule has 1 N–H and O–H groups in total. The fourth-order valence-electron chi connectivity index (χ4n) is 1.58. The number of alkyl halides is 3. The first-order valence-electron chi connectivity index (χ1n) is 6.36. The number of halogens is 3. The molecular weight excluding hydrogens is 381 g/mol. The van der Waals surface area contributed by atoms with Gasteiger partial charge >= 0.3 is 0 Å². The molecule has 1 aromatic heterocycles. The maximum absolute atomic E-state index is 12.2. The van der Waals surface area contributed by atoms with Gasteiger partial charge in [0.2, 0.25) is 15.9 Å². The monoisotopic (exact) mass is 391 g/mol. The molecule has 9 heteroatoms. The number of thioether (sulfide) groups is 1. The van der Waals surface area contributed by atoms with Crippen molar-refractivity contribution in [3.63, 3.8) is 0 Å². The van der Waals surface area contributed by atoms with E-state index in [0.29, 0.717) is 10.7 Å². The van der Waals surface area contributed by atoms with Gasteiger partial charge in [0.15, 0.2) is 5.16 Å². The number of nitrogens with zero attached hydrogens (tertiary/aromatic N) is 2. The number of rotatable bonds is 5. The zero-order chi connectivity index (χ0) is 16.9. The number of hydrogen-bond donors (Lipinski definition) is 1. The van der Waals surface area contributed by atoms with Gasteiger partial charge in [-0.1, -0.05) is 64.8 Å². The minimum atomic E-state index is -1.88. The Labute approximate surface area is 152 Å². The number of nitrogens with one attached hydrogen (secondary N) is 1. The number of aromatic nitrogens is 2. The number of carbonyl (C=O) groups excluding carboxylic acids is 1. The van der Waals surface area contributed by atoms with Crippen molar-refractivity contribution in [3.8, 4) is 5.88 Å². The normalized spacial score (nSPS) is 12.5. The van der Waals surface area contributed by atoms with Crippen molar-refractivity contribution in [1.29, 1.82) is 0 Å². The van der Waals surface area contributed by atoms with E-state index in [-0.39, 0.29) is 5.88 Å². The summed E-state index contributed by atoms with van der Waals surface area (Å²) in [5.41, 5.74) is 0.419. The van der Waals surface area contributed by atoms with Crippen LogP contribution in [0.15, 0.2) is 47.8 Å². The SMILES string of the molecule is CSc1nccc(OC(NC(=O)c2ccccc2)C(Cl)(Cl)Cl)n1. The molecule has 23 heavy (non-hydrogen) atoms. The average Bonchev–Trinajstić information content (AvgIpc) is 2.54. The lowest BCUT2D eigenvalue weighted by atomic mass is 10.2. The topological polar surface area (TPSA) is 64.1 Å². The van der Waals surface area contributed by atoms with Crippen LogP contribution in [0.25, 0.3) is 0 Å². The van der Waals surface area contributed by atoms with E-state index >= 15 is 0 Å². The summed E-state index contributed by atoms with van der Waals surface area (Å²) in [5, 5.41) is 3.03. The number of ether oxygens (including phenoxy) is 1. The molecule has 0 bridgehead atoms. The molecule has 2 aromatic rings. The largest absolute Gasteiger partial charge is 0.449 e. The number of benzene rings is 1. The molecule has 0 radical (unpaired) electrons. The fraction of sp³-hybridized carbons (Fsp3) is 0.214. The quantitative estimate of drug-likeness (QED) is 0.364. The molecule has 1 aromatic carbocycles. The van der Waals surface area contributed by atoms with Gasteiger partial charge in [0.25, 0.3) is 5.91 Å². The predicted molar refractivity (Wildman–Crippen MR) is 92.4 cm³/mol. The standard InChI is InChI=1S/C14H12Cl3N3O2S/c1-23-13-18-8-7-10(19-13)22-12(14(15,16)17)20-11(21)9-5-3-2-4-6-9/h2-8,12H,1H3,(H,20,21). The van der Waals surface area contributed by atoms with E-state index in [0.717, 1.165) is 0 Å². The molecule has 0 aliphatic carbocycles. The maximum Gasteiger partial charge on any atom is 0.254 e. The van der Waals surface area contributed by atoms with Crippen LogP contribution in [-0.2, 0) is 0 Å². The van der Waals surface area contributed by atoms with Crippen LogP contribution in [-0.4, -0.2) is 32.2 Å². The van der Waals surface area contributed by atoms with Crippen LogP contribution in [0.1, 0.15) is 10.4 Å². The summed E-state index contributed by atoms with van der Waals surface area (Å²) >= 11 is 19.0. The molecule has 5 nitrogen and oxygen atoms in total. The van der Waals surface area contributed by atoms with E-state index in [2.05, 4.69) is 15.3 Å². The van der Waals surface area contributed by atoms with E-state index in [9.17, 15) is 4.79 Å². The van der Waals surface area contributed by atoms with Crippen molar-refractivity contribution >= 4 is 52.5 Å². The molecule has 0 saturated heterocycles. The first kappa shape index (κ1) is 18.1. The van der Waals surface area contributed by atoms with Gasteiger partial charge in [0.1, 0.15) is 0 Å². The molecule has 0 saturated carbocycles. The van der Waals surface area contributed by atoms with Crippen LogP contribution in [0.3, 0.4) is 0 Å². The highest BCUT2D eigenvalue weighted by Gasteiger charge is 2.36. The molecule has 0 spiro atoms.